The molecule has 208 valence electrons. The lowest BCUT2D eigenvalue weighted by atomic mass is 10.2. The van der Waals surface area contributed by atoms with E-state index in [0.29, 0.717) is 22.4 Å². The molecule has 0 bridgehead atoms. The van der Waals surface area contributed by atoms with Crippen LogP contribution in [0.1, 0.15) is 17.0 Å². The number of rotatable bonds is 10. The maximum absolute atomic E-state index is 13.1. The van der Waals surface area contributed by atoms with Crippen molar-refractivity contribution < 1.29 is 27.5 Å². The third kappa shape index (κ3) is 7.76. The van der Waals surface area contributed by atoms with Crippen molar-refractivity contribution in [2.24, 2.45) is 0 Å². The van der Waals surface area contributed by atoms with E-state index in [-0.39, 0.29) is 35.5 Å². The number of aromatic nitrogens is 3. The van der Waals surface area contributed by atoms with Crippen LogP contribution < -0.4 is 15.4 Å². The number of hydrogen-bond donors (Lipinski definition) is 2. The van der Waals surface area contributed by atoms with Gasteiger partial charge in [-0.05, 0) is 55.0 Å². The number of carbonyl (C=O) groups is 2. The largest absolute Gasteiger partial charge is 0.484 e. The number of ether oxygens (including phenoxy) is 1. The van der Waals surface area contributed by atoms with Crippen LogP contribution in [0.3, 0.4) is 0 Å². The highest BCUT2D eigenvalue weighted by atomic mass is 35.5. The van der Waals surface area contributed by atoms with E-state index in [9.17, 15) is 22.8 Å². The molecule has 0 spiro atoms. The van der Waals surface area contributed by atoms with Gasteiger partial charge in [-0.15, -0.1) is 10.2 Å². The van der Waals surface area contributed by atoms with Crippen LogP contribution in [0.4, 0.5) is 18.9 Å². The maximum atomic E-state index is 13.1. The fourth-order valence-electron chi connectivity index (χ4n) is 3.54. The Kier molecular flexibility index (Phi) is 9.33. The third-order valence-electron chi connectivity index (χ3n) is 5.42. The van der Waals surface area contributed by atoms with Crippen LogP contribution in [-0.4, -0.2) is 38.9 Å². The number of para-hydroxylation sites is 1. The summed E-state index contributed by atoms with van der Waals surface area (Å²) in [7, 11) is 0. The quantitative estimate of drug-likeness (QED) is 0.231. The molecule has 2 amide bonds. The molecule has 0 atom stereocenters. The summed E-state index contributed by atoms with van der Waals surface area (Å²) < 4.78 is 46.4. The topological polar surface area (TPSA) is 98.1 Å². The number of hydrogen-bond acceptors (Lipinski definition) is 6. The summed E-state index contributed by atoms with van der Waals surface area (Å²) in [6.07, 6.45) is -4.58. The number of nitrogens with zero attached hydrogens (tertiary/aromatic N) is 3. The molecule has 4 aromatic rings. The molecule has 4 rings (SSSR count). The van der Waals surface area contributed by atoms with Gasteiger partial charge in [-0.1, -0.05) is 53.7 Å². The van der Waals surface area contributed by atoms with Crippen molar-refractivity contribution in [3.05, 3.63) is 94.8 Å². The van der Waals surface area contributed by atoms with Gasteiger partial charge >= 0.3 is 6.18 Å². The minimum atomic E-state index is -4.58. The van der Waals surface area contributed by atoms with Crippen LogP contribution in [0, 0.1) is 6.92 Å². The number of nitrogens with one attached hydrogen (secondary N) is 2. The molecule has 0 saturated heterocycles. The molecule has 0 fully saturated rings. The van der Waals surface area contributed by atoms with Crippen molar-refractivity contribution in [2.45, 2.75) is 24.8 Å². The highest BCUT2D eigenvalue weighted by Crippen LogP contribution is 2.34. The molecule has 13 heteroatoms. The average molecular weight is 590 g/mol. The Balaban J connectivity index is 1.45. The Morgan fingerprint density at radius 3 is 2.50 bits per heavy atom. The molecule has 0 aliphatic heterocycles. The second-order valence-corrected chi connectivity index (χ2v) is 9.83. The predicted octanol–water partition coefficient (Wildman–Crippen LogP) is 5.67. The Hall–Kier alpha value is -4.03. The van der Waals surface area contributed by atoms with Crippen molar-refractivity contribution in [1.82, 2.24) is 20.1 Å². The van der Waals surface area contributed by atoms with Crippen LogP contribution in [0.15, 0.2) is 78.0 Å². The minimum absolute atomic E-state index is 0.0245. The number of thioether (sulfide) groups is 1. The Morgan fingerprint density at radius 2 is 1.77 bits per heavy atom. The van der Waals surface area contributed by atoms with Gasteiger partial charge in [0.2, 0.25) is 5.91 Å². The van der Waals surface area contributed by atoms with Gasteiger partial charge in [-0.25, -0.2) is 0 Å². The van der Waals surface area contributed by atoms with Gasteiger partial charge in [0.1, 0.15) is 5.75 Å². The van der Waals surface area contributed by atoms with Crippen molar-refractivity contribution in [1.29, 1.82) is 0 Å². The molecule has 1 aromatic heterocycles. The first-order chi connectivity index (χ1) is 19.1. The van der Waals surface area contributed by atoms with Crippen LogP contribution in [-0.2, 0) is 22.3 Å². The molecular formula is C27H23ClF3N5O3S. The minimum Gasteiger partial charge on any atom is -0.484 e. The summed E-state index contributed by atoms with van der Waals surface area (Å²) in [4.78, 5) is 25.0. The SMILES string of the molecule is Cc1cccc(-n2c(CNC(=O)COc3ccccc3)nnc2SCC(=O)Nc2cc(C(F)(F)F)ccc2Cl)c1. The Morgan fingerprint density at radius 1 is 1.00 bits per heavy atom. The van der Waals surface area contributed by atoms with Crippen molar-refractivity contribution >= 4 is 40.9 Å². The molecule has 1 heterocycles. The van der Waals surface area contributed by atoms with E-state index in [4.69, 9.17) is 16.3 Å². The first-order valence-electron chi connectivity index (χ1n) is 11.9. The van der Waals surface area contributed by atoms with Crippen LogP contribution >= 0.6 is 23.4 Å². The zero-order chi connectivity index (χ0) is 28.7. The second kappa shape index (κ2) is 12.9. The molecule has 0 aliphatic carbocycles. The lowest BCUT2D eigenvalue weighted by Crippen LogP contribution is -2.29. The number of anilines is 1. The summed E-state index contributed by atoms with van der Waals surface area (Å²) in [5, 5.41) is 13.8. The Labute approximate surface area is 236 Å². The number of amides is 2. The number of carbonyl (C=O) groups excluding carboxylic acids is 2. The number of alkyl halides is 3. The fourth-order valence-corrected chi connectivity index (χ4v) is 4.48. The van der Waals surface area contributed by atoms with E-state index >= 15 is 0 Å². The second-order valence-electron chi connectivity index (χ2n) is 8.48. The van der Waals surface area contributed by atoms with E-state index in [0.717, 1.165) is 35.5 Å². The maximum Gasteiger partial charge on any atom is 0.416 e. The zero-order valence-corrected chi connectivity index (χ0v) is 22.6. The molecule has 8 nitrogen and oxygen atoms in total. The first kappa shape index (κ1) is 29.0. The number of aryl methyl sites for hydroxylation is 1. The van der Waals surface area contributed by atoms with E-state index in [1.54, 1.807) is 28.8 Å². The molecule has 0 aliphatic rings. The Bertz CT molecular complexity index is 1500. The fraction of sp³-hybridized carbons (Fsp3) is 0.185. The molecule has 0 unspecified atom stereocenters. The van der Waals surface area contributed by atoms with Crippen LogP contribution in [0.2, 0.25) is 5.02 Å². The van der Waals surface area contributed by atoms with Crippen molar-refractivity contribution in [3.63, 3.8) is 0 Å². The molecule has 2 N–H and O–H groups in total. The number of benzene rings is 3. The normalized spacial score (nSPS) is 11.2. The van der Waals surface area contributed by atoms with Gasteiger partial charge in [0.05, 0.1) is 28.6 Å². The van der Waals surface area contributed by atoms with Gasteiger partial charge in [0.15, 0.2) is 17.6 Å². The van der Waals surface area contributed by atoms with Gasteiger partial charge < -0.3 is 15.4 Å². The molecular weight excluding hydrogens is 567 g/mol. The van der Waals surface area contributed by atoms with Crippen molar-refractivity contribution in [2.75, 3.05) is 17.7 Å². The summed E-state index contributed by atoms with van der Waals surface area (Å²) in [6.45, 7) is 1.75. The lowest BCUT2D eigenvalue weighted by molar-refractivity contribution is -0.137. The average Bonchev–Trinajstić information content (AvgIpc) is 3.33. The summed E-state index contributed by atoms with van der Waals surface area (Å²) in [5.74, 6) is -0.174. The molecule has 0 radical (unpaired) electrons. The molecule has 0 saturated carbocycles. The van der Waals surface area contributed by atoms with Gasteiger partial charge in [0, 0.05) is 5.69 Å². The van der Waals surface area contributed by atoms with Gasteiger partial charge in [-0.2, -0.15) is 13.2 Å². The predicted molar refractivity (Wildman–Crippen MR) is 146 cm³/mol. The highest BCUT2D eigenvalue weighted by Gasteiger charge is 2.31. The zero-order valence-electron chi connectivity index (χ0n) is 21.0. The lowest BCUT2D eigenvalue weighted by Gasteiger charge is -2.13. The smallest absolute Gasteiger partial charge is 0.416 e. The van der Waals surface area contributed by atoms with E-state index in [2.05, 4.69) is 20.8 Å². The van der Waals surface area contributed by atoms with Gasteiger partial charge in [-0.3, -0.25) is 14.2 Å². The number of halogens is 4. The third-order valence-corrected chi connectivity index (χ3v) is 6.68. The standard InChI is InChI=1S/C27H23ClF3N5O3S/c1-17-6-5-7-19(12-17)36-23(14-32-24(37)15-39-20-8-3-2-4-9-20)34-35-26(36)40-16-25(38)33-22-13-18(27(29,30)31)10-11-21(22)28/h2-13H,14-16H2,1H3,(H,32,37)(H,33,38). The highest BCUT2D eigenvalue weighted by molar-refractivity contribution is 7.99. The molecule has 3 aromatic carbocycles. The van der Waals surface area contributed by atoms with Gasteiger partial charge in [0.25, 0.3) is 5.91 Å². The van der Waals surface area contributed by atoms with Crippen LogP contribution in [0.5, 0.6) is 5.75 Å². The van der Waals surface area contributed by atoms with E-state index in [1.165, 1.54) is 0 Å². The summed E-state index contributed by atoms with van der Waals surface area (Å²) in [5.41, 5.74) is 0.590. The first-order valence-corrected chi connectivity index (χ1v) is 13.2. The molecule has 40 heavy (non-hydrogen) atoms. The van der Waals surface area contributed by atoms with E-state index in [1.807, 2.05) is 37.3 Å². The van der Waals surface area contributed by atoms with Crippen molar-refractivity contribution in [3.8, 4) is 11.4 Å². The summed E-state index contributed by atoms with van der Waals surface area (Å²) >= 11 is 7.02. The summed E-state index contributed by atoms with van der Waals surface area (Å²) in [6, 6.07) is 19.1. The monoisotopic (exact) mass is 589 g/mol. The van der Waals surface area contributed by atoms with E-state index < -0.39 is 17.6 Å². The van der Waals surface area contributed by atoms with Crippen LogP contribution in [0.25, 0.3) is 5.69 Å².